The van der Waals surface area contributed by atoms with Crippen molar-refractivity contribution in [3.05, 3.63) is 12.2 Å². The number of nitrogens with zero attached hydrogens (tertiary/aromatic N) is 2. The number of rotatable bonds is 1. The summed E-state index contributed by atoms with van der Waals surface area (Å²) in [5, 5.41) is 3.89. The SMILES string of the molecule is CC(C)(C)C1CCC(N)(c2ncon2)CC1. The Morgan fingerprint density at radius 1 is 1.38 bits per heavy atom. The van der Waals surface area contributed by atoms with Gasteiger partial charge in [-0.3, -0.25) is 0 Å². The van der Waals surface area contributed by atoms with Gasteiger partial charge in [-0.05, 0) is 37.0 Å². The van der Waals surface area contributed by atoms with Crippen molar-refractivity contribution in [2.45, 2.75) is 52.0 Å². The summed E-state index contributed by atoms with van der Waals surface area (Å²) >= 11 is 0. The average molecular weight is 223 g/mol. The maximum absolute atomic E-state index is 6.35. The highest BCUT2D eigenvalue weighted by molar-refractivity contribution is 5.04. The standard InChI is InChI=1S/C12H21N3O/c1-11(2,3)9-4-6-12(13,7-5-9)10-14-8-16-15-10/h8-9H,4-7,13H2,1-3H3. The smallest absolute Gasteiger partial charge is 0.213 e. The van der Waals surface area contributed by atoms with Crippen molar-refractivity contribution in [2.75, 3.05) is 0 Å². The van der Waals surface area contributed by atoms with E-state index in [1.54, 1.807) is 0 Å². The van der Waals surface area contributed by atoms with Crippen LogP contribution in [0.15, 0.2) is 10.9 Å². The van der Waals surface area contributed by atoms with Gasteiger partial charge >= 0.3 is 0 Å². The highest BCUT2D eigenvalue weighted by Crippen LogP contribution is 2.43. The second-order valence-corrected chi connectivity index (χ2v) is 6.05. The minimum absolute atomic E-state index is 0.366. The van der Waals surface area contributed by atoms with Crippen molar-refractivity contribution in [2.24, 2.45) is 17.1 Å². The molecule has 0 unspecified atom stereocenters. The summed E-state index contributed by atoms with van der Waals surface area (Å²) in [6.07, 6.45) is 5.56. The summed E-state index contributed by atoms with van der Waals surface area (Å²) in [6, 6.07) is 0. The largest absolute Gasteiger partial charge is 0.343 e. The van der Waals surface area contributed by atoms with Crippen molar-refractivity contribution in [1.82, 2.24) is 10.1 Å². The fourth-order valence-corrected chi connectivity index (χ4v) is 2.61. The normalized spacial score (nSPS) is 31.6. The topological polar surface area (TPSA) is 64.9 Å². The lowest BCUT2D eigenvalue weighted by molar-refractivity contribution is 0.128. The van der Waals surface area contributed by atoms with E-state index >= 15 is 0 Å². The van der Waals surface area contributed by atoms with Crippen LogP contribution in [0.2, 0.25) is 0 Å². The molecule has 1 aromatic heterocycles. The summed E-state index contributed by atoms with van der Waals surface area (Å²) in [4.78, 5) is 4.10. The zero-order chi connectivity index (χ0) is 11.8. The number of aromatic nitrogens is 2. The van der Waals surface area contributed by atoms with Crippen LogP contribution in [-0.4, -0.2) is 10.1 Å². The molecule has 1 aliphatic rings. The van der Waals surface area contributed by atoms with Crippen LogP contribution in [0.3, 0.4) is 0 Å². The first-order valence-corrected chi connectivity index (χ1v) is 5.97. The molecule has 2 N–H and O–H groups in total. The zero-order valence-electron chi connectivity index (χ0n) is 10.4. The molecule has 0 atom stereocenters. The summed E-state index contributed by atoms with van der Waals surface area (Å²) in [6.45, 7) is 6.90. The van der Waals surface area contributed by atoms with Crippen molar-refractivity contribution in [1.29, 1.82) is 0 Å². The minimum Gasteiger partial charge on any atom is -0.343 e. The molecule has 0 radical (unpaired) electrons. The van der Waals surface area contributed by atoms with E-state index in [0.717, 1.165) is 31.6 Å². The number of hydrogen-bond donors (Lipinski definition) is 1. The molecule has 0 aromatic carbocycles. The van der Waals surface area contributed by atoms with Gasteiger partial charge in [0.05, 0.1) is 5.54 Å². The van der Waals surface area contributed by atoms with Gasteiger partial charge < -0.3 is 10.3 Å². The van der Waals surface area contributed by atoms with E-state index in [2.05, 4.69) is 30.9 Å². The van der Waals surface area contributed by atoms with Gasteiger partial charge in [-0.1, -0.05) is 25.9 Å². The van der Waals surface area contributed by atoms with Crippen molar-refractivity contribution >= 4 is 0 Å². The third kappa shape index (κ3) is 2.12. The maximum Gasteiger partial charge on any atom is 0.213 e. The lowest BCUT2D eigenvalue weighted by Crippen LogP contribution is -2.43. The Balaban J connectivity index is 2.05. The molecule has 1 heterocycles. The van der Waals surface area contributed by atoms with Crippen molar-refractivity contribution in [3.8, 4) is 0 Å². The molecule has 1 aromatic rings. The highest BCUT2D eigenvalue weighted by atomic mass is 16.5. The van der Waals surface area contributed by atoms with Crippen LogP contribution < -0.4 is 5.73 Å². The van der Waals surface area contributed by atoms with Crippen molar-refractivity contribution < 1.29 is 4.52 Å². The first kappa shape index (κ1) is 11.6. The third-order valence-corrected chi connectivity index (χ3v) is 3.91. The van der Waals surface area contributed by atoms with Gasteiger partial charge in [-0.15, -0.1) is 0 Å². The lowest BCUT2D eigenvalue weighted by Gasteiger charge is -2.40. The second kappa shape index (κ2) is 3.84. The first-order chi connectivity index (χ1) is 7.42. The maximum atomic E-state index is 6.35. The number of nitrogens with two attached hydrogens (primary N) is 1. The summed E-state index contributed by atoms with van der Waals surface area (Å²) in [7, 11) is 0. The van der Waals surface area contributed by atoms with E-state index in [4.69, 9.17) is 10.3 Å². The van der Waals surface area contributed by atoms with Gasteiger partial charge in [0.1, 0.15) is 0 Å². The van der Waals surface area contributed by atoms with Crippen molar-refractivity contribution in [3.63, 3.8) is 0 Å². The van der Waals surface area contributed by atoms with Gasteiger partial charge in [-0.2, -0.15) is 4.98 Å². The van der Waals surface area contributed by atoms with Gasteiger partial charge in [0.2, 0.25) is 6.39 Å². The molecule has 0 saturated heterocycles. The van der Waals surface area contributed by atoms with E-state index in [-0.39, 0.29) is 5.54 Å². The average Bonchev–Trinajstić information content (AvgIpc) is 2.70. The Hall–Kier alpha value is -0.900. The Bertz CT molecular complexity index is 332. The van der Waals surface area contributed by atoms with Crippen LogP contribution in [0.25, 0.3) is 0 Å². The minimum atomic E-state index is -0.366. The molecule has 1 aliphatic carbocycles. The van der Waals surface area contributed by atoms with E-state index < -0.39 is 0 Å². The number of hydrogen-bond acceptors (Lipinski definition) is 4. The molecule has 1 fully saturated rings. The molecular formula is C12H21N3O. The lowest BCUT2D eigenvalue weighted by atomic mass is 9.67. The highest BCUT2D eigenvalue weighted by Gasteiger charge is 2.39. The summed E-state index contributed by atoms with van der Waals surface area (Å²) in [5.74, 6) is 1.41. The zero-order valence-corrected chi connectivity index (χ0v) is 10.4. The third-order valence-electron chi connectivity index (χ3n) is 3.91. The van der Waals surface area contributed by atoms with Gasteiger partial charge in [0.15, 0.2) is 5.82 Å². The van der Waals surface area contributed by atoms with E-state index in [9.17, 15) is 0 Å². The predicted molar refractivity (Wildman–Crippen MR) is 61.6 cm³/mol. The van der Waals surface area contributed by atoms with Crippen LogP contribution in [-0.2, 0) is 5.54 Å². The van der Waals surface area contributed by atoms with Crippen LogP contribution in [0.4, 0.5) is 0 Å². The molecule has 0 spiro atoms. The van der Waals surface area contributed by atoms with Gasteiger partial charge in [0.25, 0.3) is 0 Å². The summed E-state index contributed by atoms with van der Waals surface area (Å²) < 4.78 is 4.79. The molecule has 4 heteroatoms. The molecule has 2 rings (SSSR count). The molecular weight excluding hydrogens is 202 g/mol. The van der Waals surface area contributed by atoms with Crippen LogP contribution in [0.1, 0.15) is 52.3 Å². The molecule has 16 heavy (non-hydrogen) atoms. The quantitative estimate of drug-likeness (QED) is 0.794. The Morgan fingerprint density at radius 3 is 2.44 bits per heavy atom. The van der Waals surface area contributed by atoms with Crippen LogP contribution >= 0.6 is 0 Å². The molecule has 0 bridgehead atoms. The molecule has 1 saturated carbocycles. The predicted octanol–water partition coefficient (Wildman–Crippen LogP) is 2.46. The fourth-order valence-electron chi connectivity index (χ4n) is 2.61. The van der Waals surface area contributed by atoms with Gasteiger partial charge in [-0.25, -0.2) is 0 Å². The second-order valence-electron chi connectivity index (χ2n) is 6.05. The van der Waals surface area contributed by atoms with Crippen LogP contribution in [0, 0.1) is 11.3 Å². The van der Waals surface area contributed by atoms with E-state index in [1.807, 2.05) is 0 Å². The Morgan fingerprint density at radius 2 is 2.00 bits per heavy atom. The van der Waals surface area contributed by atoms with E-state index in [0.29, 0.717) is 11.2 Å². The van der Waals surface area contributed by atoms with Crippen LogP contribution in [0.5, 0.6) is 0 Å². The molecule has 4 nitrogen and oxygen atoms in total. The molecule has 0 amide bonds. The van der Waals surface area contributed by atoms with E-state index in [1.165, 1.54) is 6.39 Å². The monoisotopic (exact) mass is 223 g/mol. The molecule has 90 valence electrons. The molecule has 0 aliphatic heterocycles. The fraction of sp³-hybridized carbons (Fsp3) is 0.833. The summed E-state index contributed by atoms with van der Waals surface area (Å²) in [5.41, 5.74) is 6.35. The first-order valence-electron chi connectivity index (χ1n) is 5.97. The van der Waals surface area contributed by atoms with Gasteiger partial charge in [0, 0.05) is 0 Å². The Labute approximate surface area is 96.6 Å². The Kier molecular flexibility index (Phi) is 2.78.